The van der Waals surface area contributed by atoms with Crippen molar-refractivity contribution in [2.24, 2.45) is 5.84 Å². The maximum atomic E-state index is 13.1. The third kappa shape index (κ3) is 4.21. The lowest BCUT2D eigenvalue weighted by Crippen LogP contribution is -2.39. The molecule has 0 spiro atoms. The summed E-state index contributed by atoms with van der Waals surface area (Å²) >= 11 is 0. The van der Waals surface area contributed by atoms with Gasteiger partial charge in [-0.15, -0.1) is 0 Å². The molecule has 22 heavy (non-hydrogen) atoms. The standard InChI is InChI=1S/C12H16F3N5O2/c13-12(14,15)10(7-1-2-9(20-16)18-5-7)22-11(21)19-8-3-4-17-6-8/h1-2,5,8,10,17H,3-4,6,16H2,(H,18,20)(H,19,21). The van der Waals surface area contributed by atoms with Gasteiger partial charge in [-0.2, -0.15) is 13.2 Å². The number of nitrogens with one attached hydrogen (secondary N) is 3. The molecule has 2 atom stereocenters. The lowest BCUT2D eigenvalue weighted by atomic mass is 10.1. The second kappa shape index (κ2) is 6.79. The predicted molar refractivity (Wildman–Crippen MR) is 71.7 cm³/mol. The Hall–Kier alpha value is -2.07. The topological polar surface area (TPSA) is 101 Å². The molecule has 0 aromatic carbocycles. The van der Waals surface area contributed by atoms with Gasteiger partial charge in [0.2, 0.25) is 6.10 Å². The average molecular weight is 319 g/mol. The first-order valence-corrected chi connectivity index (χ1v) is 6.57. The van der Waals surface area contributed by atoms with Crippen LogP contribution in [0.3, 0.4) is 0 Å². The summed E-state index contributed by atoms with van der Waals surface area (Å²) in [6.45, 7) is 1.20. The van der Waals surface area contributed by atoms with Crippen molar-refractivity contribution in [2.45, 2.75) is 24.7 Å². The van der Waals surface area contributed by atoms with Crippen LogP contribution in [0.25, 0.3) is 0 Å². The van der Waals surface area contributed by atoms with Crippen LogP contribution >= 0.6 is 0 Å². The fourth-order valence-corrected chi connectivity index (χ4v) is 2.06. The molecule has 1 fully saturated rings. The van der Waals surface area contributed by atoms with Crippen LogP contribution < -0.4 is 21.9 Å². The zero-order chi connectivity index (χ0) is 16.2. The van der Waals surface area contributed by atoms with E-state index in [1.54, 1.807) is 0 Å². The Balaban J connectivity index is 2.06. The molecule has 1 aliphatic heterocycles. The first kappa shape index (κ1) is 16.3. The van der Waals surface area contributed by atoms with Crippen LogP contribution in [0.15, 0.2) is 18.3 Å². The molecule has 1 aromatic heterocycles. The number of carbonyl (C=O) groups excluding carboxylic acids is 1. The van der Waals surface area contributed by atoms with Gasteiger partial charge in [0.25, 0.3) is 0 Å². The molecule has 1 aromatic rings. The highest BCUT2D eigenvalue weighted by molar-refractivity contribution is 5.68. The number of hydrazine groups is 1. The minimum absolute atomic E-state index is 0.200. The molecule has 10 heteroatoms. The molecule has 0 bridgehead atoms. The van der Waals surface area contributed by atoms with E-state index in [0.29, 0.717) is 19.5 Å². The summed E-state index contributed by atoms with van der Waals surface area (Å²) in [6.07, 6.45) is -6.65. The number of carbonyl (C=O) groups is 1. The second-order valence-corrected chi connectivity index (χ2v) is 4.78. The van der Waals surface area contributed by atoms with Crippen molar-refractivity contribution < 1.29 is 22.7 Å². The third-order valence-corrected chi connectivity index (χ3v) is 3.14. The lowest BCUT2D eigenvalue weighted by Gasteiger charge is -2.22. The number of ether oxygens (including phenoxy) is 1. The number of pyridine rings is 1. The van der Waals surface area contributed by atoms with Gasteiger partial charge in [-0.05, 0) is 25.1 Å². The van der Waals surface area contributed by atoms with Gasteiger partial charge in [-0.3, -0.25) is 0 Å². The molecule has 0 saturated carbocycles. The van der Waals surface area contributed by atoms with Crippen molar-refractivity contribution in [3.8, 4) is 0 Å². The number of rotatable bonds is 4. The fraction of sp³-hybridized carbons (Fsp3) is 0.500. The number of alkyl halides is 3. The van der Waals surface area contributed by atoms with E-state index in [1.165, 1.54) is 6.07 Å². The van der Waals surface area contributed by atoms with Gasteiger partial charge in [0.1, 0.15) is 5.82 Å². The highest BCUT2D eigenvalue weighted by atomic mass is 19.4. The second-order valence-electron chi connectivity index (χ2n) is 4.78. The highest BCUT2D eigenvalue weighted by Crippen LogP contribution is 2.35. The summed E-state index contributed by atoms with van der Waals surface area (Å²) in [4.78, 5) is 15.3. The SMILES string of the molecule is NNc1ccc(C(OC(=O)NC2CCNC2)C(F)(F)F)cn1. The van der Waals surface area contributed by atoms with Crippen molar-refractivity contribution in [1.29, 1.82) is 0 Å². The number of hydrogen-bond donors (Lipinski definition) is 4. The number of hydrogen-bond acceptors (Lipinski definition) is 6. The van der Waals surface area contributed by atoms with Crippen LogP contribution in [0.2, 0.25) is 0 Å². The molecule has 0 radical (unpaired) electrons. The Labute approximate surface area is 124 Å². The minimum Gasteiger partial charge on any atom is -0.432 e. The van der Waals surface area contributed by atoms with Gasteiger partial charge in [0, 0.05) is 24.3 Å². The van der Waals surface area contributed by atoms with Crippen LogP contribution in [0, 0.1) is 0 Å². The smallest absolute Gasteiger partial charge is 0.429 e. The molecule has 2 unspecified atom stereocenters. The van der Waals surface area contributed by atoms with Gasteiger partial charge in [-0.25, -0.2) is 15.6 Å². The summed E-state index contributed by atoms with van der Waals surface area (Å²) in [5.74, 6) is 5.30. The summed E-state index contributed by atoms with van der Waals surface area (Å²) in [7, 11) is 0. The van der Waals surface area contributed by atoms with Crippen molar-refractivity contribution in [1.82, 2.24) is 15.6 Å². The Morgan fingerprint density at radius 1 is 1.50 bits per heavy atom. The Morgan fingerprint density at radius 2 is 2.27 bits per heavy atom. The van der Waals surface area contributed by atoms with Gasteiger partial charge in [0.05, 0.1) is 0 Å². The maximum absolute atomic E-state index is 13.1. The molecular weight excluding hydrogens is 303 g/mol. The molecule has 7 nitrogen and oxygen atoms in total. The van der Waals surface area contributed by atoms with Gasteiger partial charge in [-0.1, -0.05) is 0 Å². The van der Waals surface area contributed by atoms with E-state index in [9.17, 15) is 18.0 Å². The largest absolute Gasteiger partial charge is 0.432 e. The highest BCUT2D eigenvalue weighted by Gasteiger charge is 2.44. The summed E-state index contributed by atoms with van der Waals surface area (Å²) < 4.78 is 43.8. The van der Waals surface area contributed by atoms with E-state index in [1.807, 2.05) is 0 Å². The Kier molecular flexibility index (Phi) is 5.03. The molecule has 2 heterocycles. The number of anilines is 1. The normalized spacial score (nSPS) is 19.5. The number of halogens is 3. The van der Waals surface area contributed by atoms with Crippen molar-refractivity contribution >= 4 is 11.9 Å². The summed E-state index contributed by atoms with van der Waals surface area (Å²) in [6, 6.07) is 2.17. The van der Waals surface area contributed by atoms with E-state index >= 15 is 0 Å². The number of nitrogens with two attached hydrogens (primary N) is 1. The first-order chi connectivity index (χ1) is 10.4. The Bertz CT molecular complexity index is 502. The average Bonchev–Trinajstić information content (AvgIpc) is 2.96. The van der Waals surface area contributed by atoms with E-state index in [0.717, 1.165) is 12.3 Å². The zero-order valence-electron chi connectivity index (χ0n) is 11.5. The molecule has 0 aliphatic carbocycles. The molecule has 5 N–H and O–H groups in total. The molecule has 2 rings (SSSR count). The number of amides is 1. The van der Waals surface area contributed by atoms with Crippen LogP contribution in [0.1, 0.15) is 18.1 Å². The Morgan fingerprint density at radius 3 is 2.77 bits per heavy atom. The van der Waals surface area contributed by atoms with E-state index in [-0.39, 0.29) is 17.4 Å². The molecule has 1 amide bonds. The van der Waals surface area contributed by atoms with E-state index in [2.05, 4.69) is 25.8 Å². The first-order valence-electron chi connectivity index (χ1n) is 6.57. The summed E-state index contributed by atoms with van der Waals surface area (Å²) in [5, 5.41) is 5.38. The molecule has 1 saturated heterocycles. The van der Waals surface area contributed by atoms with Crippen molar-refractivity contribution in [3.05, 3.63) is 23.9 Å². The predicted octanol–water partition coefficient (Wildman–Crippen LogP) is 1.06. The van der Waals surface area contributed by atoms with Crippen LogP contribution in [-0.4, -0.2) is 36.4 Å². The van der Waals surface area contributed by atoms with Gasteiger partial charge < -0.3 is 20.8 Å². The fourth-order valence-electron chi connectivity index (χ4n) is 2.06. The monoisotopic (exact) mass is 319 g/mol. The van der Waals surface area contributed by atoms with Crippen molar-refractivity contribution in [2.75, 3.05) is 18.5 Å². The van der Waals surface area contributed by atoms with Crippen LogP contribution in [0.5, 0.6) is 0 Å². The number of aromatic nitrogens is 1. The minimum atomic E-state index is -4.75. The van der Waals surface area contributed by atoms with Crippen molar-refractivity contribution in [3.63, 3.8) is 0 Å². The maximum Gasteiger partial charge on any atom is 0.429 e. The zero-order valence-corrected chi connectivity index (χ0v) is 11.5. The van der Waals surface area contributed by atoms with E-state index < -0.39 is 18.4 Å². The van der Waals surface area contributed by atoms with Gasteiger partial charge >= 0.3 is 12.3 Å². The quantitative estimate of drug-likeness (QED) is 0.489. The number of alkyl carbamates (subject to hydrolysis) is 1. The summed E-state index contributed by atoms with van der Waals surface area (Å²) in [5.41, 5.74) is 1.92. The van der Waals surface area contributed by atoms with Crippen LogP contribution in [-0.2, 0) is 4.74 Å². The molecule has 122 valence electrons. The van der Waals surface area contributed by atoms with E-state index in [4.69, 9.17) is 5.84 Å². The molecular formula is C12H16F3N5O2. The number of nitrogens with zero attached hydrogens (tertiary/aromatic N) is 1. The van der Waals surface area contributed by atoms with Gasteiger partial charge in [0.15, 0.2) is 0 Å². The van der Waals surface area contributed by atoms with Crippen LogP contribution in [0.4, 0.5) is 23.8 Å². The third-order valence-electron chi connectivity index (χ3n) is 3.14. The molecule has 1 aliphatic rings. The lowest BCUT2D eigenvalue weighted by molar-refractivity contribution is -0.206. The number of nitrogen functional groups attached to an aromatic ring is 1.